The molecule has 0 aliphatic carbocycles. The Morgan fingerprint density at radius 1 is 1.23 bits per heavy atom. The van der Waals surface area contributed by atoms with Crippen molar-refractivity contribution in [3.63, 3.8) is 0 Å². The van der Waals surface area contributed by atoms with E-state index in [0.717, 1.165) is 18.7 Å². The van der Waals surface area contributed by atoms with E-state index in [1.54, 1.807) is 0 Å². The van der Waals surface area contributed by atoms with Crippen molar-refractivity contribution < 1.29 is 4.79 Å². The average Bonchev–Trinajstić information content (AvgIpc) is 2.57. The van der Waals surface area contributed by atoms with Gasteiger partial charge in [-0.2, -0.15) is 0 Å². The van der Waals surface area contributed by atoms with E-state index in [1.165, 1.54) is 30.8 Å². The molecule has 3 rings (SSSR count). The first-order valence-electron chi connectivity index (χ1n) is 7.52. The molecule has 4 nitrogen and oxygen atoms in total. The highest BCUT2D eigenvalue weighted by Crippen LogP contribution is 2.23. The quantitative estimate of drug-likeness (QED) is 0.881. The molecular formula is C17H18ClN3O. The molecule has 0 bridgehead atoms. The van der Waals surface area contributed by atoms with Gasteiger partial charge in [0.15, 0.2) is 5.78 Å². The Morgan fingerprint density at radius 2 is 2.05 bits per heavy atom. The SMILES string of the molecule is O=C(Cc1ccc(C2CCCNC2)cc1)c1cnc(Cl)cn1. The molecule has 1 saturated heterocycles. The zero-order valence-corrected chi connectivity index (χ0v) is 13.0. The monoisotopic (exact) mass is 315 g/mol. The third kappa shape index (κ3) is 3.70. The van der Waals surface area contributed by atoms with Gasteiger partial charge in [-0.05, 0) is 36.4 Å². The normalized spacial score (nSPS) is 18.1. The molecule has 1 fully saturated rings. The number of piperidine rings is 1. The minimum Gasteiger partial charge on any atom is -0.316 e. The van der Waals surface area contributed by atoms with E-state index in [-0.39, 0.29) is 5.78 Å². The van der Waals surface area contributed by atoms with Crippen LogP contribution in [0.3, 0.4) is 0 Å². The predicted octanol–water partition coefficient (Wildman–Crippen LogP) is 3.02. The summed E-state index contributed by atoms with van der Waals surface area (Å²) in [5.41, 5.74) is 2.69. The zero-order valence-electron chi connectivity index (χ0n) is 12.3. The van der Waals surface area contributed by atoms with Crippen molar-refractivity contribution in [2.24, 2.45) is 0 Å². The first-order valence-corrected chi connectivity index (χ1v) is 7.90. The molecule has 0 radical (unpaired) electrons. The van der Waals surface area contributed by atoms with E-state index >= 15 is 0 Å². The predicted molar refractivity (Wildman–Crippen MR) is 86.4 cm³/mol. The molecule has 114 valence electrons. The van der Waals surface area contributed by atoms with E-state index in [9.17, 15) is 4.79 Å². The first kappa shape index (κ1) is 15.1. The number of hydrogen-bond acceptors (Lipinski definition) is 4. The number of hydrogen-bond donors (Lipinski definition) is 1. The third-order valence-corrected chi connectivity index (χ3v) is 4.21. The highest BCUT2D eigenvalue weighted by Gasteiger charge is 2.15. The molecule has 1 N–H and O–H groups in total. The Balaban J connectivity index is 1.65. The lowest BCUT2D eigenvalue weighted by Gasteiger charge is -2.23. The number of Topliss-reactive ketones (excluding diaryl/α,β-unsaturated/α-hetero) is 1. The first-order chi connectivity index (χ1) is 10.7. The second kappa shape index (κ2) is 6.99. The molecular weight excluding hydrogens is 298 g/mol. The number of aromatic nitrogens is 2. The maximum atomic E-state index is 12.2. The Bertz CT molecular complexity index is 634. The standard InChI is InChI=1S/C17H18ClN3O/c18-17-11-20-15(10-21-17)16(22)8-12-3-5-13(6-4-12)14-2-1-7-19-9-14/h3-6,10-11,14,19H,1-2,7-9H2. The minimum atomic E-state index is -0.0451. The molecule has 0 amide bonds. The number of nitrogens with one attached hydrogen (secondary N) is 1. The van der Waals surface area contributed by atoms with Gasteiger partial charge in [-0.25, -0.2) is 9.97 Å². The second-order valence-corrected chi connectivity index (χ2v) is 6.00. The van der Waals surface area contributed by atoms with Crippen LogP contribution >= 0.6 is 11.6 Å². The fourth-order valence-electron chi connectivity index (χ4n) is 2.78. The summed E-state index contributed by atoms with van der Waals surface area (Å²) in [4.78, 5) is 20.1. The van der Waals surface area contributed by atoms with Crippen LogP contribution in [0.1, 0.15) is 40.4 Å². The zero-order chi connectivity index (χ0) is 15.4. The van der Waals surface area contributed by atoms with Crippen molar-refractivity contribution >= 4 is 17.4 Å². The highest BCUT2D eigenvalue weighted by atomic mass is 35.5. The van der Waals surface area contributed by atoms with Gasteiger partial charge in [-0.1, -0.05) is 35.9 Å². The van der Waals surface area contributed by atoms with E-state index in [1.807, 2.05) is 12.1 Å². The Labute approximate surface area is 134 Å². The largest absolute Gasteiger partial charge is 0.316 e. The molecule has 1 unspecified atom stereocenters. The van der Waals surface area contributed by atoms with Crippen LogP contribution in [0.25, 0.3) is 0 Å². The second-order valence-electron chi connectivity index (χ2n) is 5.61. The summed E-state index contributed by atoms with van der Waals surface area (Å²) in [6.45, 7) is 2.16. The van der Waals surface area contributed by atoms with Crippen LogP contribution in [0.15, 0.2) is 36.7 Å². The van der Waals surface area contributed by atoms with Crippen molar-refractivity contribution in [2.45, 2.75) is 25.2 Å². The number of rotatable bonds is 4. The van der Waals surface area contributed by atoms with Gasteiger partial charge < -0.3 is 5.32 Å². The van der Waals surface area contributed by atoms with Crippen LogP contribution in [0.5, 0.6) is 0 Å². The molecule has 1 aromatic carbocycles. The molecule has 5 heteroatoms. The van der Waals surface area contributed by atoms with Crippen molar-refractivity contribution in [2.75, 3.05) is 13.1 Å². The summed E-state index contributed by atoms with van der Waals surface area (Å²) in [6.07, 6.45) is 5.60. The molecule has 1 atom stereocenters. The van der Waals surface area contributed by atoms with Crippen LogP contribution < -0.4 is 5.32 Å². The Hall–Kier alpha value is -1.78. The molecule has 0 saturated carbocycles. The number of halogens is 1. The van der Waals surface area contributed by atoms with Gasteiger partial charge in [0.25, 0.3) is 0 Å². The molecule has 2 heterocycles. The van der Waals surface area contributed by atoms with Crippen LogP contribution in [0.4, 0.5) is 0 Å². The van der Waals surface area contributed by atoms with E-state index in [4.69, 9.17) is 11.6 Å². The molecule has 2 aromatic rings. The van der Waals surface area contributed by atoms with Crippen molar-refractivity contribution in [3.05, 3.63) is 58.6 Å². The summed E-state index contributed by atoms with van der Waals surface area (Å²) in [7, 11) is 0. The maximum absolute atomic E-state index is 12.2. The number of ketones is 1. The lowest BCUT2D eigenvalue weighted by molar-refractivity contribution is 0.0988. The Kier molecular flexibility index (Phi) is 4.80. The summed E-state index contributed by atoms with van der Waals surface area (Å²) in [5.74, 6) is 0.539. The fraction of sp³-hybridized carbons (Fsp3) is 0.353. The number of nitrogens with zero attached hydrogens (tertiary/aromatic N) is 2. The van der Waals surface area contributed by atoms with E-state index < -0.39 is 0 Å². The summed E-state index contributed by atoms with van der Waals surface area (Å²) >= 11 is 5.68. The van der Waals surface area contributed by atoms with Crippen molar-refractivity contribution in [1.29, 1.82) is 0 Å². The van der Waals surface area contributed by atoms with Crippen molar-refractivity contribution in [3.8, 4) is 0 Å². The van der Waals surface area contributed by atoms with Gasteiger partial charge in [-0.3, -0.25) is 4.79 Å². The number of benzene rings is 1. The van der Waals surface area contributed by atoms with Crippen LogP contribution in [0, 0.1) is 0 Å². The summed E-state index contributed by atoms with van der Waals surface area (Å²) in [6, 6.07) is 8.33. The average molecular weight is 316 g/mol. The van der Waals surface area contributed by atoms with Gasteiger partial charge in [0.05, 0.1) is 12.4 Å². The molecule has 1 aliphatic rings. The van der Waals surface area contributed by atoms with Gasteiger partial charge in [0.1, 0.15) is 10.8 Å². The summed E-state index contributed by atoms with van der Waals surface area (Å²) in [5, 5.41) is 3.72. The molecule has 1 aliphatic heterocycles. The van der Waals surface area contributed by atoms with Crippen LogP contribution in [-0.2, 0) is 6.42 Å². The molecule has 22 heavy (non-hydrogen) atoms. The smallest absolute Gasteiger partial charge is 0.187 e. The van der Waals surface area contributed by atoms with Gasteiger partial charge in [-0.15, -0.1) is 0 Å². The highest BCUT2D eigenvalue weighted by molar-refractivity contribution is 6.29. The minimum absolute atomic E-state index is 0.0451. The lowest BCUT2D eigenvalue weighted by atomic mass is 9.91. The maximum Gasteiger partial charge on any atom is 0.187 e. The topological polar surface area (TPSA) is 54.9 Å². The molecule has 0 spiro atoms. The number of carbonyl (C=O) groups is 1. The molecule has 1 aromatic heterocycles. The van der Waals surface area contributed by atoms with Gasteiger partial charge in [0, 0.05) is 13.0 Å². The van der Waals surface area contributed by atoms with Crippen LogP contribution in [-0.4, -0.2) is 28.8 Å². The van der Waals surface area contributed by atoms with E-state index in [2.05, 4.69) is 27.4 Å². The summed E-state index contributed by atoms with van der Waals surface area (Å²) < 4.78 is 0. The third-order valence-electron chi connectivity index (χ3n) is 4.02. The van der Waals surface area contributed by atoms with Crippen molar-refractivity contribution in [1.82, 2.24) is 15.3 Å². The van der Waals surface area contributed by atoms with Gasteiger partial charge >= 0.3 is 0 Å². The Morgan fingerprint density at radius 3 is 2.68 bits per heavy atom. The lowest BCUT2D eigenvalue weighted by Crippen LogP contribution is -2.28. The number of carbonyl (C=O) groups excluding carboxylic acids is 1. The fourth-order valence-corrected chi connectivity index (χ4v) is 2.87. The van der Waals surface area contributed by atoms with Gasteiger partial charge in [0.2, 0.25) is 0 Å². The van der Waals surface area contributed by atoms with Crippen LogP contribution in [0.2, 0.25) is 5.15 Å². The van der Waals surface area contributed by atoms with E-state index in [0.29, 0.717) is 23.2 Å².